The zero-order valence-corrected chi connectivity index (χ0v) is 10.2. The molecule has 96 valence electrons. The Hall–Kier alpha value is -2.95. The number of hydrogen-bond donors (Lipinski definition) is 1. The van der Waals surface area contributed by atoms with Crippen molar-refractivity contribution < 1.29 is 14.1 Å². The predicted octanol–water partition coefficient (Wildman–Crippen LogP) is 2.29. The molecule has 1 aromatic carbocycles. The van der Waals surface area contributed by atoms with E-state index in [9.17, 15) is 9.59 Å². The van der Waals surface area contributed by atoms with Gasteiger partial charge in [0.05, 0.1) is 16.8 Å². The maximum Gasteiger partial charge on any atom is 0.212 e. The molecule has 5 nitrogen and oxygen atoms in total. The molecule has 1 aromatic heterocycles. The maximum absolute atomic E-state index is 12.4. The van der Waals surface area contributed by atoms with Crippen LogP contribution in [0.1, 0.15) is 21.6 Å². The third-order valence-electron chi connectivity index (χ3n) is 3.41. The van der Waals surface area contributed by atoms with E-state index in [1.54, 1.807) is 24.3 Å². The lowest BCUT2D eigenvalue weighted by molar-refractivity contribution is -0.109. The highest BCUT2D eigenvalue weighted by atomic mass is 16.5. The van der Waals surface area contributed by atoms with Gasteiger partial charge in [0.1, 0.15) is 12.0 Å². The van der Waals surface area contributed by atoms with Gasteiger partial charge in [-0.2, -0.15) is 0 Å². The molecule has 0 amide bonds. The van der Waals surface area contributed by atoms with Gasteiger partial charge in [-0.1, -0.05) is 17.3 Å². The quantitative estimate of drug-likeness (QED) is 0.739. The molecule has 0 spiro atoms. The van der Waals surface area contributed by atoms with Crippen molar-refractivity contribution >= 4 is 28.9 Å². The Morgan fingerprint density at radius 1 is 1.05 bits per heavy atom. The number of carbonyl (C=O) groups is 2. The van der Waals surface area contributed by atoms with E-state index >= 15 is 0 Å². The summed E-state index contributed by atoms with van der Waals surface area (Å²) < 4.78 is 4.89. The van der Waals surface area contributed by atoms with Gasteiger partial charge in [0.15, 0.2) is 5.78 Å². The molecule has 0 bridgehead atoms. The molecule has 0 atom stereocenters. The summed E-state index contributed by atoms with van der Waals surface area (Å²) in [7, 11) is 0. The van der Waals surface area contributed by atoms with E-state index in [1.165, 1.54) is 12.3 Å². The van der Waals surface area contributed by atoms with E-state index in [-0.39, 0.29) is 17.3 Å². The largest absolute Gasteiger partial charge is 0.363 e. The van der Waals surface area contributed by atoms with Gasteiger partial charge in [-0.15, -0.1) is 0 Å². The fourth-order valence-electron chi connectivity index (χ4n) is 2.47. The van der Waals surface area contributed by atoms with Gasteiger partial charge in [0.25, 0.3) is 0 Å². The Balaban J connectivity index is 1.96. The summed E-state index contributed by atoms with van der Waals surface area (Å²) in [5, 5.41) is 6.82. The summed E-state index contributed by atoms with van der Waals surface area (Å²) in [6, 6.07) is 7.16. The number of fused-ring (bicyclic) bond motifs is 2. The normalized spacial score (nSPS) is 19.8. The topological polar surface area (TPSA) is 72.2 Å². The average molecular weight is 264 g/mol. The number of hydrogen-bond acceptors (Lipinski definition) is 5. The number of aromatic nitrogens is 1. The van der Waals surface area contributed by atoms with Crippen molar-refractivity contribution in [3.63, 3.8) is 0 Å². The second-order valence-corrected chi connectivity index (χ2v) is 4.56. The van der Waals surface area contributed by atoms with E-state index in [0.29, 0.717) is 28.1 Å². The van der Waals surface area contributed by atoms with Crippen LogP contribution in [0.25, 0.3) is 11.6 Å². The Labute approximate surface area is 113 Å². The smallest absolute Gasteiger partial charge is 0.212 e. The molecule has 0 saturated carbocycles. The average Bonchev–Trinajstić information content (AvgIpc) is 3.05. The number of para-hydroxylation sites is 1. The monoisotopic (exact) mass is 264 g/mol. The molecule has 5 heteroatoms. The number of Topliss-reactive ketones (excluding diaryl/α,β-unsaturated/α-hetero) is 1. The second kappa shape index (κ2) is 3.77. The van der Waals surface area contributed by atoms with Crippen molar-refractivity contribution in [2.24, 2.45) is 0 Å². The van der Waals surface area contributed by atoms with Crippen LogP contribution in [0.5, 0.6) is 0 Å². The van der Waals surface area contributed by atoms with Crippen molar-refractivity contribution in [1.29, 1.82) is 0 Å². The van der Waals surface area contributed by atoms with Crippen molar-refractivity contribution in [2.75, 3.05) is 5.32 Å². The van der Waals surface area contributed by atoms with Crippen LogP contribution in [-0.2, 0) is 4.79 Å². The lowest BCUT2D eigenvalue weighted by Crippen LogP contribution is -2.12. The van der Waals surface area contributed by atoms with Crippen molar-refractivity contribution in [3.8, 4) is 0 Å². The number of nitrogens with zero attached hydrogens (tertiary/aromatic N) is 1. The lowest BCUT2D eigenvalue weighted by Gasteiger charge is -2.09. The fraction of sp³-hybridized carbons (Fsp3) is 0. The Bertz CT molecular complexity index is 827. The van der Waals surface area contributed by atoms with Gasteiger partial charge in [-0.25, -0.2) is 0 Å². The number of rotatable bonds is 0. The number of ketones is 2. The summed E-state index contributed by atoms with van der Waals surface area (Å²) in [6.45, 7) is 0. The molecule has 1 N–H and O–H groups in total. The van der Waals surface area contributed by atoms with Gasteiger partial charge in [0.2, 0.25) is 5.78 Å². The number of anilines is 1. The van der Waals surface area contributed by atoms with E-state index in [1.807, 2.05) is 6.07 Å². The predicted molar refractivity (Wildman–Crippen MR) is 71.9 cm³/mol. The minimum atomic E-state index is -0.232. The first-order valence-electron chi connectivity index (χ1n) is 6.08. The van der Waals surface area contributed by atoms with Crippen LogP contribution in [0.2, 0.25) is 0 Å². The van der Waals surface area contributed by atoms with Crippen molar-refractivity contribution in [2.45, 2.75) is 0 Å². The number of benzene rings is 1. The Morgan fingerprint density at radius 2 is 1.90 bits per heavy atom. The molecule has 1 aliphatic carbocycles. The highest BCUT2D eigenvalue weighted by Gasteiger charge is 2.32. The highest BCUT2D eigenvalue weighted by molar-refractivity contribution is 6.37. The molecule has 0 unspecified atom stereocenters. The molecule has 0 saturated heterocycles. The molecule has 1 aliphatic heterocycles. The molecule has 2 aromatic rings. The Kier molecular flexibility index (Phi) is 2.06. The first-order valence-corrected chi connectivity index (χ1v) is 6.08. The number of carbonyl (C=O) groups excluding carboxylic acids is 2. The zero-order chi connectivity index (χ0) is 13.7. The van der Waals surface area contributed by atoms with Crippen LogP contribution >= 0.6 is 0 Å². The zero-order valence-electron chi connectivity index (χ0n) is 10.2. The van der Waals surface area contributed by atoms with Crippen LogP contribution in [0, 0.1) is 0 Å². The molecule has 0 radical (unpaired) electrons. The summed E-state index contributed by atoms with van der Waals surface area (Å²) in [5.41, 5.74) is 2.96. The van der Waals surface area contributed by atoms with Gasteiger partial charge < -0.3 is 9.84 Å². The van der Waals surface area contributed by atoms with Crippen LogP contribution in [0.4, 0.5) is 5.69 Å². The van der Waals surface area contributed by atoms with E-state index in [2.05, 4.69) is 10.5 Å². The van der Waals surface area contributed by atoms with Crippen molar-refractivity contribution in [3.05, 3.63) is 59.1 Å². The molecule has 2 aliphatic rings. The fourth-order valence-corrected chi connectivity index (χ4v) is 2.47. The first kappa shape index (κ1) is 10.9. The van der Waals surface area contributed by atoms with E-state index in [4.69, 9.17) is 4.52 Å². The first-order chi connectivity index (χ1) is 9.75. The van der Waals surface area contributed by atoms with Crippen molar-refractivity contribution in [1.82, 2.24) is 5.16 Å². The van der Waals surface area contributed by atoms with E-state index < -0.39 is 0 Å². The van der Waals surface area contributed by atoms with Crippen LogP contribution in [0.15, 0.2) is 46.8 Å². The second-order valence-electron chi connectivity index (χ2n) is 4.56. The van der Waals surface area contributed by atoms with Gasteiger partial charge in [-0.05, 0) is 24.3 Å². The van der Waals surface area contributed by atoms with Crippen LogP contribution in [0.3, 0.4) is 0 Å². The van der Waals surface area contributed by atoms with Gasteiger partial charge in [-0.3, -0.25) is 9.59 Å². The highest BCUT2D eigenvalue weighted by Crippen LogP contribution is 2.35. The third-order valence-corrected chi connectivity index (χ3v) is 3.41. The minimum Gasteiger partial charge on any atom is -0.363 e. The van der Waals surface area contributed by atoms with Crippen LogP contribution < -0.4 is 5.32 Å². The maximum atomic E-state index is 12.4. The molecule has 2 heterocycles. The summed E-state index contributed by atoms with van der Waals surface area (Å²) >= 11 is 0. The Morgan fingerprint density at radius 3 is 2.75 bits per heavy atom. The molecule has 0 fully saturated rings. The molecular formula is C15H8N2O3. The summed E-state index contributed by atoms with van der Waals surface area (Å²) in [4.78, 5) is 24.6. The standard InChI is InChI=1S/C15H8N2O3/c18-12-6-5-11-9(7-20-17-11)13(12)14-15(19)8-3-1-2-4-10(8)16-14/h1-7,16H/b14-13+. The summed E-state index contributed by atoms with van der Waals surface area (Å²) in [6.07, 6.45) is 4.36. The lowest BCUT2D eigenvalue weighted by atomic mass is 9.93. The van der Waals surface area contributed by atoms with Crippen LogP contribution in [-0.4, -0.2) is 16.7 Å². The SMILES string of the molecule is O=C1C=Cc2nocc2/C1=C1\Nc2ccccc2C1=O. The third kappa shape index (κ3) is 1.34. The molecule has 4 rings (SSSR count). The minimum absolute atomic E-state index is 0.189. The number of allylic oxidation sites excluding steroid dienone is 3. The van der Waals surface area contributed by atoms with Gasteiger partial charge >= 0.3 is 0 Å². The van der Waals surface area contributed by atoms with Gasteiger partial charge in [0, 0.05) is 11.3 Å². The summed E-state index contributed by atoms with van der Waals surface area (Å²) in [5.74, 6) is -0.421. The molecule has 20 heavy (non-hydrogen) atoms. The molecular weight excluding hydrogens is 256 g/mol. The number of nitrogens with one attached hydrogen (secondary N) is 1. The van der Waals surface area contributed by atoms with E-state index in [0.717, 1.165) is 0 Å².